The highest BCUT2D eigenvalue weighted by atomic mass is 35.5. The molecular weight excluding hydrogens is 392 g/mol. The smallest absolute Gasteiger partial charge is 0.153 e. The molecule has 3 rings (SSSR count). The van der Waals surface area contributed by atoms with Gasteiger partial charge in [0.2, 0.25) is 0 Å². The zero-order chi connectivity index (χ0) is 20.6. The van der Waals surface area contributed by atoms with Gasteiger partial charge < -0.3 is 20.5 Å². The molecule has 0 fully saturated rings. The van der Waals surface area contributed by atoms with Crippen LogP contribution in [0.5, 0.6) is 11.5 Å². The number of hydrogen-bond donors (Lipinski definition) is 2. The van der Waals surface area contributed by atoms with Gasteiger partial charge >= 0.3 is 0 Å². The summed E-state index contributed by atoms with van der Waals surface area (Å²) in [6, 6.07) is 12.7. The summed E-state index contributed by atoms with van der Waals surface area (Å²) in [5, 5.41) is 11.8. The predicted octanol–water partition coefficient (Wildman–Crippen LogP) is 4.63. The second kappa shape index (κ2) is 9.70. The number of rotatable bonds is 8. The maximum absolute atomic E-state index is 6.21. The maximum Gasteiger partial charge on any atom is 0.153 e. The van der Waals surface area contributed by atoms with Gasteiger partial charge in [0, 0.05) is 30.4 Å². The van der Waals surface area contributed by atoms with E-state index in [-0.39, 0.29) is 5.15 Å². The highest BCUT2D eigenvalue weighted by Crippen LogP contribution is 2.32. The van der Waals surface area contributed by atoms with Crippen molar-refractivity contribution in [3.8, 4) is 11.5 Å². The van der Waals surface area contributed by atoms with E-state index in [0.717, 1.165) is 11.3 Å². The normalized spacial score (nSPS) is 10.9. The number of halogens is 1. The Morgan fingerprint density at radius 2 is 2.00 bits per heavy atom. The zero-order valence-corrected chi connectivity index (χ0v) is 16.8. The lowest BCUT2D eigenvalue weighted by molar-refractivity contribution is 0.391. The minimum Gasteiger partial charge on any atom is -0.497 e. The summed E-state index contributed by atoms with van der Waals surface area (Å²) >= 11 is 6.14. The van der Waals surface area contributed by atoms with E-state index >= 15 is 0 Å². The van der Waals surface area contributed by atoms with Gasteiger partial charge in [-0.1, -0.05) is 17.7 Å². The largest absolute Gasteiger partial charge is 0.497 e. The number of hydrogen-bond acceptors (Lipinski definition) is 8. The topological polar surface area (TPSA) is 107 Å². The summed E-state index contributed by atoms with van der Waals surface area (Å²) in [4.78, 5) is 8.46. The second-order valence-electron chi connectivity index (χ2n) is 5.98. The molecule has 0 saturated heterocycles. The number of nitrogen functional groups attached to an aromatic ring is 1. The van der Waals surface area contributed by atoms with Gasteiger partial charge in [-0.25, -0.2) is 4.98 Å². The molecule has 0 amide bonds. The van der Waals surface area contributed by atoms with E-state index in [4.69, 9.17) is 26.8 Å². The number of benzene rings is 1. The van der Waals surface area contributed by atoms with Gasteiger partial charge in [-0.05, 0) is 24.3 Å². The number of aromatic nitrogens is 2. The molecule has 29 heavy (non-hydrogen) atoms. The minimum atomic E-state index is 0.259. The number of methoxy groups -OCH3 is 2. The maximum atomic E-state index is 6.21. The van der Waals surface area contributed by atoms with Gasteiger partial charge in [0.15, 0.2) is 5.82 Å². The first kappa shape index (κ1) is 20.3. The zero-order valence-electron chi connectivity index (χ0n) is 16.1. The van der Waals surface area contributed by atoms with Crippen LogP contribution in [0, 0.1) is 0 Å². The van der Waals surface area contributed by atoms with Crippen LogP contribution >= 0.6 is 11.6 Å². The number of nitrogens with two attached hydrogens (primary N) is 1. The lowest BCUT2D eigenvalue weighted by Crippen LogP contribution is -2.06. The number of nitrogens with one attached hydrogen (secondary N) is 1. The van der Waals surface area contributed by atoms with Gasteiger partial charge in [0.05, 0.1) is 19.9 Å². The summed E-state index contributed by atoms with van der Waals surface area (Å²) in [6.45, 7) is 0.765. The molecule has 0 atom stereocenters. The van der Waals surface area contributed by atoms with Crippen molar-refractivity contribution in [2.45, 2.75) is 13.1 Å². The van der Waals surface area contributed by atoms with Crippen LogP contribution in [0.15, 0.2) is 58.9 Å². The molecule has 150 valence electrons. The average molecular weight is 413 g/mol. The fourth-order valence-corrected chi connectivity index (χ4v) is 2.77. The van der Waals surface area contributed by atoms with E-state index in [9.17, 15) is 0 Å². The van der Waals surface area contributed by atoms with Crippen molar-refractivity contribution >= 4 is 28.8 Å². The summed E-state index contributed by atoms with van der Waals surface area (Å²) in [7, 11) is 3.21. The van der Waals surface area contributed by atoms with Gasteiger partial charge in [0.1, 0.15) is 34.6 Å². The molecule has 0 aliphatic carbocycles. The fourth-order valence-electron chi connectivity index (χ4n) is 2.58. The van der Waals surface area contributed by atoms with Crippen molar-refractivity contribution in [3.63, 3.8) is 0 Å². The lowest BCUT2D eigenvalue weighted by atomic mass is 10.2. The number of ether oxygens (including phenoxy) is 2. The molecule has 0 bridgehead atoms. The van der Waals surface area contributed by atoms with E-state index < -0.39 is 0 Å². The quantitative estimate of drug-likeness (QED) is 0.412. The van der Waals surface area contributed by atoms with Gasteiger partial charge in [-0.15, -0.1) is 0 Å². The van der Waals surface area contributed by atoms with E-state index in [1.54, 1.807) is 26.5 Å². The molecule has 2 aromatic heterocycles. The van der Waals surface area contributed by atoms with Crippen LogP contribution in [0.25, 0.3) is 0 Å². The first-order valence-corrected chi connectivity index (χ1v) is 9.16. The Labute approximate surface area is 173 Å². The van der Waals surface area contributed by atoms with E-state index in [1.807, 2.05) is 36.4 Å². The highest BCUT2D eigenvalue weighted by molar-refractivity contribution is 6.30. The molecular formula is C20H21ClN6O2. The predicted molar refractivity (Wildman–Crippen MR) is 113 cm³/mol. The molecule has 8 nitrogen and oxygen atoms in total. The SMILES string of the molecule is COc1ccc(CNc2nc(Cl)cc(N=NCc3ccccn3)c2N)c(OC)c1. The molecule has 0 aliphatic rings. The second-order valence-corrected chi connectivity index (χ2v) is 6.37. The van der Waals surface area contributed by atoms with Crippen LogP contribution in [0.2, 0.25) is 5.15 Å². The molecule has 2 heterocycles. The first-order valence-electron chi connectivity index (χ1n) is 8.79. The number of azo groups is 1. The third-order valence-electron chi connectivity index (χ3n) is 4.08. The van der Waals surface area contributed by atoms with Crippen LogP contribution in [0.3, 0.4) is 0 Å². The Hall–Kier alpha value is -3.39. The van der Waals surface area contributed by atoms with E-state index in [0.29, 0.717) is 41.8 Å². The Morgan fingerprint density at radius 3 is 2.72 bits per heavy atom. The molecule has 0 aliphatic heterocycles. The van der Waals surface area contributed by atoms with Crippen LogP contribution in [0.1, 0.15) is 11.3 Å². The van der Waals surface area contributed by atoms with Crippen molar-refractivity contribution < 1.29 is 9.47 Å². The highest BCUT2D eigenvalue weighted by Gasteiger charge is 2.11. The Kier molecular flexibility index (Phi) is 6.80. The molecule has 3 aromatic rings. The van der Waals surface area contributed by atoms with Crippen molar-refractivity contribution in [2.24, 2.45) is 10.2 Å². The van der Waals surface area contributed by atoms with E-state index in [2.05, 4.69) is 25.5 Å². The summed E-state index contributed by atoms with van der Waals surface area (Å²) in [5.41, 5.74) is 8.71. The van der Waals surface area contributed by atoms with Crippen LogP contribution in [-0.2, 0) is 13.1 Å². The van der Waals surface area contributed by atoms with Crippen molar-refractivity contribution in [1.29, 1.82) is 0 Å². The minimum absolute atomic E-state index is 0.259. The molecule has 1 aromatic carbocycles. The van der Waals surface area contributed by atoms with Crippen molar-refractivity contribution in [2.75, 3.05) is 25.3 Å². The number of pyridine rings is 2. The van der Waals surface area contributed by atoms with Crippen molar-refractivity contribution in [3.05, 3.63) is 65.1 Å². The summed E-state index contributed by atoms with van der Waals surface area (Å²) in [5.74, 6) is 1.82. The Bertz CT molecular complexity index is 998. The van der Waals surface area contributed by atoms with E-state index in [1.165, 1.54) is 0 Å². The molecule has 3 N–H and O–H groups in total. The van der Waals surface area contributed by atoms with Crippen LogP contribution in [-0.4, -0.2) is 24.2 Å². The molecule has 0 radical (unpaired) electrons. The summed E-state index contributed by atoms with van der Waals surface area (Å²) < 4.78 is 10.6. The molecule has 0 saturated carbocycles. The van der Waals surface area contributed by atoms with Crippen LogP contribution in [0.4, 0.5) is 17.2 Å². The molecule has 9 heteroatoms. The van der Waals surface area contributed by atoms with Crippen LogP contribution < -0.4 is 20.5 Å². The fraction of sp³-hybridized carbons (Fsp3) is 0.200. The van der Waals surface area contributed by atoms with Gasteiger partial charge in [-0.2, -0.15) is 10.2 Å². The first-order chi connectivity index (χ1) is 14.1. The monoisotopic (exact) mass is 412 g/mol. The number of anilines is 2. The lowest BCUT2D eigenvalue weighted by Gasteiger charge is -2.13. The molecule has 0 unspecified atom stereocenters. The summed E-state index contributed by atoms with van der Waals surface area (Å²) in [6.07, 6.45) is 1.71. The van der Waals surface area contributed by atoms with Gasteiger partial charge in [-0.3, -0.25) is 4.98 Å². The number of nitrogens with zero attached hydrogens (tertiary/aromatic N) is 4. The molecule has 0 spiro atoms. The van der Waals surface area contributed by atoms with Gasteiger partial charge in [0.25, 0.3) is 0 Å². The Balaban J connectivity index is 1.75. The third kappa shape index (κ3) is 5.32. The average Bonchev–Trinajstić information content (AvgIpc) is 2.75. The Morgan fingerprint density at radius 1 is 1.14 bits per heavy atom. The third-order valence-corrected chi connectivity index (χ3v) is 4.28. The standard InChI is InChI=1S/C20H21ClN6O2/c1-28-15-7-6-13(17(9-15)29-2)11-24-20-19(22)16(10-18(21)26-20)27-25-12-14-5-3-4-8-23-14/h3-10H,11-12,22H2,1-2H3,(H,24,26). The van der Waals surface area contributed by atoms with Crippen molar-refractivity contribution in [1.82, 2.24) is 9.97 Å².